The molecule has 0 unspecified atom stereocenters. The quantitative estimate of drug-likeness (QED) is 0.871. The minimum absolute atomic E-state index is 0.250. The fourth-order valence-corrected chi connectivity index (χ4v) is 3.21. The van der Waals surface area contributed by atoms with Crippen LogP contribution in [0, 0.1) is 13.8 Å². The highest BCUT2D eigenvalue weighted by Gasteiger charge is 2.22. The van der Waals surface area contributed by atoms with Gasteiger partial charge >= 0.3 is 5.97 Å². The minimum atomic E-state index is -0.441. The molecule has 0 saturated heterocycles. The SMILES string of the molecule is COC(=O)c1c(NC(=O)c2cccc(N(C)C)c2)sc(C)c1C. The number of thiophene rings is 1. The lowest BCUT2D eigenvalue weighted by Crippen LogP contribution is -2.15. The molecule has 23 heavy (non-hydrogen) atoms. The molecule has 0 bridgehead atoms. The number of hydrogen-bond acceptors (Lipinski definition) is 5. The molecule has 0 fully saturated rings. The Morgan fingerprint density at radius 2 is 1.91 bits per heavy atom. The molecular formula is C17H20N2O3S. The van der Waals surface area contributed by atoms with Gasteiger partial charge in [0.15, 0.2) is 0 Å². The Morgan fingerprint density at radius 1 is 1.22 bits per heavy atom. The summed E-state index contributed by atoms with van der Waals surface area (Å²) in [6.45, 7) is 3.76. The summed E-state index contributed by atoms with van der Waals surface area (Å²) in [5, 5.41) is 3.35. The molecule has 0 aliphatic carbocycles. The van der Waals surface area contributed by atoms with Crippen LogP contribution in [-0.2, 0) is 4.74 Å². The van der Waals surface area contributed by atoms with Crippen LogP contribution in [0.15, 0.2) is 24.3 Å². The van der Waals surface area contributed by atoms with E-state index in [4.69, 9.17) is 4.74 Å². The van der Waals surface area contributed by atoms with Gasteiger partial charge in [0.05, 0.1) is 12.7 Å². The summed E-state index contributed by atoms with van der Waals surface area (Å²) in [6.07, 6.45) is 0. The molecule has 2 rings (SSSR count). The zero-order chi connectivity index (χ0) is 17.1. The predicted octanol–water partition coefficient (Wildman–Crippen LogP) is 3.47. The number of amides is 1. The Balaban J connectivity index is 2.32. The lowest BCUT2D eigenvalue weighted by atomic mass is 10.1. The van der Waals surface area contributed by atoms with Gasteiger partial charge in [0, 0.05) is 30.2 Å². The highest BCUT2D eigenvalue weighted by molar-refractivity contribution is 7.16. The number of nitrogens with zero attached hydrogens (tertiary/aromatic N) is 1. The van der Waals surface area contributed by atoms with Crippen molar-refractivity contribution in [3.05, 3.63) is 45.8 Å². The van der Waals surface area contributed by atoms with E-state index in [2.05, 4.69) is 5.32 Å². The second-order valence-corrected chi connectivity index (χ2v) is 6.60. The smallest absolute Gasteiger partial charge is 0.341 e. The number of esters is 1. The molecule has 6 heteroatoms. The summed E-state index contributed by atoms with van der Waals surface area (Å²) >= 11 is 1.37. The van der Waals surface area contributed by atoms with Crippen LogP contribution in [0.5, 0.6) is 0 Å². The Kier molecular flexibility index (Phi) is 5.05. The third kappa shape index (κ3) is 3.53. The maximum absolute atomic E-state index is 12.5. The Bertz CT molecular complexity index is 750. The molecule has 0 aliphatic rings. The van der Waals surface area contributed by atoms with Gasteiger partial charge in [-0.2, -0.15) is 0 Å². The fraction of sp³-hybridized carbons (Fsp3) is 0.294. The third-order valence-corrected chi connectivity index (χ3v) is 4.75. The van der Waals surface area contributed by atoms with Gasteiger partial charge < -0.3 is 15.0 Å². The van der Waals surface area contributed by atoms with Gasteiger partial charge in [-0.1, -0.05) is 6.07 Å². The van der Waals surface area contributed by atoms with Crippen molar-refractivity contribution in [1.29, 1.82) is 0 Å². The molecule has 122 valence electrons. The van der Waals surface area contributed by atoms with Crippen molar-refractivity contribution in [2.45, 2.75) is 13.8 Å². The molecule has 5 nitrogen and oxygen atoms in total. The summed E-state index contributed by atoms with van der Waals surface area (Å²) in [5.41, 5.74) is 2.73. The van der Waals surface area contributed by atoms with Crippen molar-refractivity contribution >= 4 is 33.9 Å². The monoisotopic (exact) mass is 332 g/mol. The second kappa shape index (κ2) is 6.83. The first-order valence-electron chi connectivity index (χ1n) is 7.12. The Hall–Kier alpha value is -2.34. The number of methoxy groups -OCH3 is 1. The minimum Gasteiger partial charge on any atom is -0.465 e. The topological polar surface area (TPSA) is 58.6 Å². The number of carbonyl (C=O) groups is 2. The van der Waals surface area contributed by atoms with Gasteiger partial charge in [0.1, 0.15) is 5.00 Å². The zero-order valence-corrected chi connectivity index (χ0v) is 14.7. The first-order chi connectivity index (χ1) is 10.8. The largest absolute Gasteiger partial charge is 0.465 e. The molecule has 2 aromatic rings. The van der Waals surface area contributed by atoms with E-state index in [1.165, 1.54) is 18.4 Å². The Labute approximate surface area is 139 Å². The molecule has 0 aliphatic heterocycles. The first-order valence-corrected chi connectivity index (χ1v) is 7.93. The van der Waals surface area contributed by atoms with Gasteiger partial charge in [-0.05, 0) is 37.6 Å². The number of rotatable bonds is 4. The van der Waals surface area contributed by atoms with Crippen LogP contribution in [0.2, 0.25) is 0 Å². The molecule has 1 heterocycles. The number of benzene rings is 1. The van der Waals surface area contributed by atoms with Gasteiger partial charge in [0.25, 0.3) is 5.91 Å². The van der Waals surface area contributed by atoms with Crippen LogP contribution < -0.4 is 10.2 Å². The zero-order valence-electron chi connectivity index (χ0n) is 13.9. The maximum atomic E-state index is 12.5. The normalized spacial score (nSPS) is 10.3. The van der Waals surface area contributed by atoms with E-state index in [0.717, 1.165) is 16.1 Å². The molecule has 0 atom stereocenters. The molecule has 0 saturated carbocycles. The van der Waals surface area contributed by atoms with Crippen LogP contribution in [0.4, 0.5) is 10.7 Å². The van der Waals surface area contributed by atoms with Crippen molar-refractivity contribution in [3.8, 4) is 0 Å². The van der Waals surface area contributed by atoms with E-state index in [9.17, 15) is 9.59 Å². The second-order valence-electron chi connectivity index (χ2n) is 5.38. The fourth-order valence-electron chi connectivity index (χ4n) is 2.16. The summed E-state index contributed by atoms with van der Waals surface area (Å²) in [7, 11) is 5.16. The number of nitrogens with one attached hydrogen (secondary N) is 1. The summed E-state index contributed by atoms with van der Waals surface area (Å²) in [6, 6.07) is 7.31. The van der Waals surface area contributed by atoms with Crippen LogP contribution in [0.25, 0.3) is 0 Å². The molecule has 0 spiro atoms. The molecule has 1 amide bonds. The van der Waals surface area contributed by atoms with Crippen LogP contribution in [0.1, 0.15) is 31.2 Å². The van der Waals surface area contributed by atoms with Crippen molar-refractivity contribution in [3.63, 3.8) is 0 Å². The Morgan fingerprint density at radius 3 is 2.52 bits per heavy atom. The molecule has 1 aromatic heterocycles. The summed E-state index contributed by atoms with van der Waals surface area (Å²) in [4.78, 5) is 27.4. The van der Waals surface area contributed by atoms with Crippen molar-refractivity contribution in [2.75, 3.05) is 31.4 Å². The van der Waals surface area contributed by atoms with E-state index in [-0.39, 0.29) is 5.91 Å². The van der Waals surface area contributed by atoms with Crippen molar-refractivity contribution < 1.29 is 14.3 Å². The van der Waals surface area contributed by atoms with Crippen LogP contribution >= 0.6 is 11.3 Å². The third-order valence-electron chi connectivity index (χ3n) is 3.63. The van der Waals surface area contributed by atoms with Gasteiger partial charge in [-0.25, -0.2) is 4.79 Å². The van der Waals surface area contributed by atoms with Crippen LogP contribution in [0.3, 0.4) is 0 Å². The number of hydrogen-bond donors (Lipinski definition) is 1. The van der Waals surface area contributed by atoms with Crippen molar-refractivity contribution in [1.82, 2.24) is 0 Å². The van der Waals surface area contributed by atoms with E-state index in [1.807, 2.05) is 45.0 Å². The summed E-state index contributed by atoms with van der Waals surface area (Å²) < 4.78 is 4.82. The van der Waals surface area contributed by atoms with E-state index >= 15 is 0 Å². The highest BCUT2D eigenvalue weighted by atomic mass is 32.1. The first kappa shape index (κ1) is 17.0. The number of carbonyl (C=O) groups excluding carboxylic acids is 2. The maximum Gasteiger partial charge on any atom is 0.341 e. The van der Waals surface area contributed by atoms with Crippen molar-refractivity contribution in [2.24, 2.45) is 0 Å². The number of anilines is 2. The molecule has 0 radical (unpaired) electrons. The molecule has 1 N–H and O–H groups in total. The van der Waals surface area contributed by atoms with Gasteiger partial charge in [0.2, 0.25) is 0 Å². The molecular weight excluding hydrogens is 312 g/mol. The van der Waals surface area contributed by atoms with E-state index < -0.39 is 5.97 Å². The number of ether oxygens (including phenoxy) is 1. The highest BCUT2D eigenvalue weighted by Crippen LogP contribution is 2.33. The van der Waals surface area contributed by atoms with Gasteiger partial charge in [-0.15, -0.1) is 11.3 Å². The standard InChI is InChI=1S/C17H20N2O3S/c1-10-11(2)23-16(14(10)17(21)22-5)18-15(20)12-7-6-8-13(9-12)19(3)4/h6-9H,1-5H3,(H,18,20). The molecule has 1 aromatic carbocycles. The van der Waals surface area contributed by atoms with Crippen LogP contribution in [-0.4, -0.2) is 33.1 Å². The van der Waals surface area contributed by atoms with E-state index in [1.54, 1.807) is 12.1 Å². The van der Waals surface area contributed by atoms with Gasteiger partial charge in [-0.3, -0.25) is 4.79 Å². The lowest BCUT2D eigenvalue weighted by Gasteiger charge is -2.13. The predicted molar refractivity (Wildman–Crippen MR) is 93.9 cm³/mol. The number of aryl methyl sites for hydroxylation is 1. The van der Waals surface area contributed by atoms with E-state index in [0.29, 0.717) is 16.1 Å². The average Bonchev–Trinajstić information content (AvgIpc) is 2.81. The summed E-state index contributed by atoms with van der Waals surface area (Å²) in [5.74, 6) is -0.690. The lowest BCUT2D eigenvalue weighted by molar-refractivity contribution is 0.0601. The average molecular weight is 332 g/mol.